The molecule has 38 heavy (non-hydrogen) atoms. The van der Waals surface area contributed by atoms with Gasteiger partial charge in [0, 0.05) is 44.1 Å². The maximum atomic E-state index is 13.5. The number of amides is 1. The van der Waals surface area contributed by atoms with Crippen molar-refractivity contribution in [1.29, 1.82) is 0 Å². The van der Waals surface area contributed by atoms with Gasteiger partial charge in [-0.3, -0.25) is 9.59 Å². The van der Waals surface area contributed by atoms with Crippen molar-refractivity contribution in [3.63, 3.8) is 0 Å². The summed E-state index contributed by atoms with van der Waals surface area (Å²) in [7, 11) is 1.53. The number of methoxy groups -OCH3 is 1. The van der Waals surface area contributed by atoms with E-state index >= 15 is 0 Å². The quantitative estimate of drug-likeness (QED) is 0.251. The summed E-state index contributed by atoms with van der Waals surface area (Å²) in [4.78, 5) is 44.5. The summed E-state index contributed by atoms with van der Waals surface area (Å²) in [5.41, 5.74) is 2.56. The van der Waals surface area contributed by atoms with E-state index in [1.807, 2.05) is 13.8 Å². The van der Waals surface area contributed by atoms with Crippen LogP contribution < -0.4 is 15.4 Å². The van der Waals surface area contributed by atoms with E-state index in [0.29, 0.717) is 66.0 Å². The molecule has 0 unspecified atom stereocenters. The highest BCUT2D eigenvalue weighted by Crippen LogP contribution is 2.36. The third kappa shape index (κ3) is 4.80. The number of anilines is 2. The van der Waals surface area contributed by atoms with E-state index in [0.717, 1.165) is 5.56 Å². The molecule has 0 atom stereocenters. The third-order valence-corrected chi connectivity index (χ3v) is 6.45. The Hall–Kier alpha value is -4.38. The fourth-order valence-electron chi connectivity index (χ4n) is 4.54. The Balaban J connectivity index is 1.59. The summed E-state index contributed by atoms with van der Waals surface area (Å²) in [5.74, 6) is -0.352. The fraction of sp³-hybridized carbons (Fsp3) is 0.296. The fourth-order valence-corrected chi connectivity index (χ4v) is 4.54. The van der Waals surface area contributed by atoms with Crippen molar-refractivity contribution >= 4 is 34.2 Å². The second kappa shape index (κ2) is 10.5. The van der Waals surface area contributed by atoms with Crippen LogP contribution >= 0.6 is 0 Å². The minimum Gasteiger partial charge on any atom is -0.481 e. The van der Waals surface area contributed by atoms with Crippen molar-refractivity contribution in [2.75, 3.05) is 38.6 Å². The number of H-pyrrole nitrogens is 1. The summed E-state index contributed by atoms with van der Waals surface area (Å²) in [5, 5.41) is 7.00. The number of hydrogen-bond donors (Lipinski definition) is 3. The van der Waals surface area contributed by atoms with Gasteiger partial charge in [0.2, 0.25) is 5.88 Å². The van der Waals surface area contributed by atoms with Crippen LogP contribution in [0.2, 0.25) is 0 Å². The summed E-state index contributed by atoms with van der Waals surface area (Å²) in [6, 6.07) is 7.59. The number of nitrogens with zero attached hydrogens (tertiary/aromatic N) is 4. The van der Waals surface area contributed by atoms with Gasteiger partial charge in [-0.05, 0) is 36.2 Å². The Morgan fingerprint density at radius 3 is 2.53 bits per heavy atom. The Labute approximate surface area is 218 Å². The number of pyridine rings is 1. The first kappa shape index (κ1) is 25.3. The van der Waals surface area contributed by atoms with E-state index in [2.05, 4.69) is 25.6 Å². The first-order valence-electron chi connectivity index (χ1n) is 12.4. The number of nitrogens with one attached hydrogen (secondary N) is 3. The number of fused-ring (bicyclic) bond motifs is 1. The van der Waals surface area contributed by atoms with Crippen molar-refractivity contribution in [3.05, 3.63) is 59.7 Å². The molecule has 0 saturated carbocycles. The van der Waals surface area contributed by atoms with Crippen LogP contribution in [0.4, 0.5) is 15.9 Å². The number of ether oxygens (including phenoxy) is 1. The molecular formula is C27H28FN7O3. The Morgan fingerprint density at radius 2 is 1.84 bits per heavy atom. The van der Waals surface area contributed by atoms with Gasteiger partial charge in [0.05, 0.1) is 29.3 Å². The number of benzene rings is 1. The number of halogens is 1. The molecule has 1 aromatic carbocycles. The van der Waals surface area contributed by atoms with E-state index in [4.69, 9.17) is 9.72 Å². The van der Waals surface area contributed by atoms with Gasteiger partial charge in [0.15, 0.2) is 5.82 Å². The van der Waals surface area contributed by atoms with Crippen molar-refractivity contribution < 1.29 is 18.7 Å². The molecule has 0 spiro atoms. The first-order valence-corrected chi connectivity index (χ1v) is 12.4. The molecule has 1 aliphatic rings. The molecule has 1 saturated heterocycles. The predicted molar refractivity (Wildman–Crippen MR) is 141 cm³/mol. The van der Waals surface area contributed by atoms with Crippen LogP contribution in [0.1, 0.15) is 35.7 Å². The van der Waals surface area contributed by atoms with E-state index in [1.165, 1.54) is 25.4 Å². The number of carbonyl (C=O) groups is 2. The van der Waals surface area contributed by atoms with Gasteiger partial charge in [0.1, 0.15) is 17.3 Å². The van der Waals surface area contributed by atoms with Gasteiger partial charge in [-0.1, -0.05) is 13.8 Å². The first-order chi connectivity index (χ1) is 18.4. The Kier molecular flexibility index (Phi) is 7.01. The molecule has 11 heteroatoms. The van der Waals surface area contributed by atoms with Gasteiger partial charge in [-0.15, -0.1) is 0 Å². The van der Waals surface area contributed by atoms with Gasteiger partial charge < -0.3 is 25.3 Å². The number of aromatic nitrogens is 4. The van der Waals surface area contributed by atoms with Crippen LogP contribution in [0.5, 0.6) is 5.88 Å². The van der Waals surface area contributed by atoms with E-state index in [9.17, 15) is 14.0 Å². The topological polar surface area (TPSA) is 125 Å². The predicted octanol–water partition coefficient (Wildman–Crippen LogP) is 3.65. The monoisotopic (exact) mass is 517 g/mol. The zero-order valence-corrected chi connectivity index (χ0v) is 21.3. The van der Waals surface area contributed by atoms with Crippen LogP contribution in [0.3, 0.4) is 0 Å². The average Bonchev–Trinajstić information content (AvgIpc) is 3.37. The SMILES string of the molecule is COc1nc(-c2ccc(F)cc2)nc(Nc2ccnc3[nH]cc(C(=O)C(=O)N4CCNCC4)c23)c1C(C)C. The zero-order valence-electron chi connectivity index (χ0n) is 21.3. The maximum absolute atomic E-state index is 13.5. The third-order valence-electron chi connectivity index (χ3n) is 6.45. The number of hydrogen-bond acceptors (Lipinski definition) is 8. The van der Waals surface area contributed by atoms with E-state index < -0.39 is 11.7 Å². The normalized spacial score (nSPS) is 13.7. The van der Waals surface area contributed by atoms with Gasteiger partial charge in [0.25, 0.3) is 11.7 Å². The van der Waals surface area contributed by atoms with Gasteiger partial charge in [-0.25, -0.2) is 14.4 Å². The largest absolute Gasteiger partial charge is 0.481 e. The summed E-state index contributed by atoms with van der Waals surface area (Å²) < 4.78 is 19.1. The molecule has 1 amide bonds. The maximum Gasteiger partial charge on any atom is 0.295 e. The zero-order chi connectivity index (χ0) is 26.8. The standard InChI is InChI=1S/C27H28FN7O3/c1-15(2)20-25(33-23(34-26(20)38-3)16-4-6-17(28)7-5-16)32-19-8-9-30-24-21(19)18(14-31-24)22(36)27(37)35-12-10-29-11-13-35/h4-9,14-15,29H,10-13H2,1-3H3,(H2,30,31,32,33,34). The summed E-state index contributed by atoms with van der Waals surface area (Å²) in [6.07, 6.45) is 3.11. The average molecular weight is 518 g/mol. The molecule has 1 fully saturated rings. The number of Topliss-reactive ketones (excluding diaryl/α,β-unsaturated/α-hetero) is 1. The number of aromatic amines is 1. The molecule has 3 aromatic heterocycles. The molecule has 4 heterocycles. The lowest BCUT2D eigenvalue weighted by Crippen LogP contribution is -2.48. The van der Waals surface area contributed by atoms with Crippen LogP contribution in [0.25, 0.3) is 22.4 Å². The lowest BCUT2D eigenvalue weighted by atomic mass is 10.0. The molecular weight excluding hydrogens is 489 g/mol. The highest BCUT2D eigenvalue weighted by molar-refractivity contribution is 6.45. The number of ketones is 1. The smallest absolute Gasteiger partial charge is 0.295 e. The molecule has 196 valence electrons. The second-order valence-electron chi connectivity index (χ2n) is 9.26. The number of piperazine rings is 1. The van der Waals surface area contributed by atoms with Crippen LogP contribution in [-0.4, -0.2) is 69.8 Å². The molecule has 0 aliphatic carbocycles. The lowest BCUT2D eigenvalue weighted by molar-refractivity contribution is -0.126. The molecule has 0 radical (unpaired) electrons. The summed E-state index contributed by atoms with van der Waals surface area (Å²) >= 11 is 0. The lowest BCUT2D eigenvalue weighted by Gasteiger charge is -2.26. The van der Waals surface area contributed by atoms with Crippen molar-refractivity contribution in [2.24, 2.45) is 0 Å². The van der Waals surface area contributed by atoms with E-state index in [1.54, 1.807) is 29.3 Å². The molecule has 0 bridgehead atoms. The Morgan fingerprint density at radius 1 is 1.11 bits per heavy atom. The van der Waals surface area contributed by atoms with Crippen molar-refractivity contribution in [2.45, 2.75) is 19.8 Å². The van der Waals surface area contributed by atoms with Crippen LogP contribution in [-0.2, 0) is 4.79 Å². The molecule has 5 rings (SSSR count). The Bertz CT molecular complexity index is 1490. The van der Waals surface area contributed by atoms with Crippen LogP contribution in [0, 0.1) is 5.82 Å². The molecule has 10 nitrogen and oxygen atoms in total. The van der Waals surface area contributed by atoms with Crippen molar-refractivity contribution in [1.82, 2.24) is 30.2 Å². The highest BCUT2D eigenvalue weighted by atomic mass is 19.1. The highest BCUT2D eigenvalue weighted by Gasteiger charge is 2.28. The van der Waals surface area contributed by atoms with Crippen molar-refractivity contribution in [3.8, 4) is 17.3 Å². The minimum absolute atomic E-state index is 0.0198. The van der Waals surface area contributed by atoms with Gasteiger partial charge >= 0.3 is 0 Å². The second-order valence-corrected chi connectivity index (χ2v) is 9.26. The number of rotatable bonds is 7. The number of carbonyl (C=O) groups excluding carboxylic acids is 2. The molecule has 1 aliphatic heterocycles. The van der Waals surface area contributed by atoms with Gasteiger partial charge in [-0.2, -0.15) is 4.98 Å². The summed E-state index contributed by atoms with van der Waals surface area (Å²) in [6.45, 7) is 6.21. The minimum atomic E-state index is -0.606. The molecule has 3 N–H and O–H groups in total. The van der Waals surface area contributed by atoms with Crippen LogP contribution in [0.15, 0.2) is 42.7 Å². The van der Waals surface area contributed by atoms with E-state index in [-0.39, 0.29) is 17.3 Å². The molecule has 4 aromatic rings.